The smallest absolute Gasteiger partial charge is 0.209 e. The van der Waals surface area contributed by atoms with Gasteiger partial charge in [-0.25, -0.2) is 4.68 Å². The topological polar surface area (TPSA) is 43.6 Å². The molecule has 0 aliphatic heterocycles. The Bertz CT molecular complexity index is 412. The van der Waals surface area contributed by atoms with Crippen molar-refractivity contribution in [2.45, 2.75) is 18.6 Å². The summed E-state index contributed by atoms with van der Waals surface area (Å²) in [6.07, 6.45) is 0. The van der Waals surface area contributed by atoms with Gasteiger partial charge in [0.1, 0.15) is 0 Å². The SMILES string of the molecule is CCSc1nnnn1Cc1ccccc1. The molecule has 0 aliphatic rings. The summed E-state index contributed by atoms with van der Waals surface area (Å²) < 4.78 is 1.82. The van der Waals surface area contributed by atoms with Crippen LogP contribution in [0.4, 0.5) is 0 Å². The predicted molar refractivity (Wildman–Crippen MR) is 59.8 cm³/mol. The third-order valence-corrected chi connectivity index (χ3v) is 2.79. The van der Waals surface area contributed by atoms with Crippen molar-refractivity contribution in [1.29, 1.82) is 0 Å². The van der Waals surface area contributed by atoms with Gasteiger partial charge in [-0.1, -0.05) is 49.0 Å². The molecule has 0 atom stereocenters. The summed E-state index contributed by atoms with van der Waals surface area (Å²) in [5, 5.41) is 12.5. The maximum Gasteiger partial charge on any atom is 0.209 e. The number of benzene rings is 1. The molecule has 0 saturated carbocycles. The molecule has 0 radical (unpaired) electrons. The second-order valence-electron chi connectivity index (χ2n) is 3.04. The zero-order chi connectivity index (χ0) is 10.5. The van der Waals surface area contributed by atoms with Crippen LogP contribution < -0.4 is 0 Å². The number of rotatable bonds is 4. The number of nitrogens with zero attached hydrogens (tertiary/aromatic N) is 4. The van der Waals surface area contributed by atoms with Crippen molar-refractivity contribution in [1.82, 2.24) is 20.2 Å². The summed E-state index contributed by atoms with van der Waals surface area (Å²) in [6, 6.07) is 10.2. The average molecular weight is 220 g/mol. The lowest BCUT2D eigenvalue weighted by molar-refractivity contribution is 0.603. The number of thioether (sulfide) groups is 1. The fourth-order valence-electron chi connectivity index (χ4n) is 1.28. The van der Waals surface area contributed by atoms with Crippen LogP contribution in [-0.4, -0.2) is 26.0 Å². The molecule has 2 rings (SSSR count). The lowest BCUT2D eigenvalue weighted by Gasteiger charge is -2.02. The molecule has 78 valence electrons. The molecule has 0 N–H and O–H groups in total. The molecule has 0 amide bonds. The van der Waals surface area contributed by atoms with Crippen molar-refractivity contribution in [2.24, 2.45) is 0 Å². The van der Waals surface area contributed by atoms with Gasteiger partial charge in [0, 0.05) is 0 Å². The van der Waals surface area contributed by atoms with Crippen LogP contribution in [0.2, 0.25) is 0 Å². The molecular weight excluding hydrogens is 208 g/mol. The summed E-state index contributed by atoms with van der Waals surface area (Å²) in [6.45, 7) is 2.82. The lowest BCUT2D eigenvalue weighted by atomic mass is 10.2. The molecule has 0 saturated heterocycles. The Balaban J connectivity index is 2.14. The van der Waals surface area contributed by atoms with Crippen molar-refractivity contribution in [3.63, 3.8) is 0 Å². The highest BCUT2D eigenvalue weighted by Gasteiger charge is 2.05. The van der Waals surface area contributed by atoms with Gasteiger partial charge in [0.05, 0.1) is 6.54 Å². The largest absolute Gasteiger partial charge is 0.216 e. The summed E-state index contributed by atoms with van der Waals surface area (Å²) in [7, 11) is 0. The molecule has 0 bridgehead atoms. The standard InChI is InChI=1S/C10H12N4S/c1-2-15-10-11-12-13-14(10)8-9-6-4-3-5-7-9/h3-7H,2,8H2,1H3. The van der Waals surface area contributed by atoms with Gasteiger partial charge >= 0.3 is 0 Å². The molecule has 0 aliphatic carbocycles. The zero-order valence-electron chi connectivity index (χ0n) is 8.50. The number of hydrogen-bond donors (Lipinski definition) is 0. The van der Waals surface area contributed by atoms with Crippen LogP contribution in [0, 0.1) is 0 Å². The van der Waals surface area contributed by atoms with Crippen LogP contribution >= 0.6 is 11.8 Å². The Kier molecular flexibility index (Phi) is 3.34. The van der Waals surface area contributed by atoms with Gasteiger partial charge in [-0.05, 0) is 21.7 Å². The molecule has 1 aromatic carbocycles. The van der Waals surface area contributed by atoms with Crippen LogP contribution in [0.15, 0.2) is 35.5 Å². The van der Waals surface area contributed by atoms with Crippen molar-refractivity contribution in [3.8, 4) is 0 Å². The summed E-state index contributed by atoms with van der Waals surface area (Å²) >= 11 is 1.65. The van der Waals surface area contributed by atoms with E-state index in [1.807, 2.05) is 22.9 Å². The van der Waals surface area contributed by atoms with E-state index < -0.39 is 0 Å². The van der Waals surface area contributed by atoms with Crippen LogP contribution in [0.1, 0.15) is 12.5 Å². The minimum atomic E-state index is 0.732. The molecule has 1 aromatic heterocycles. The Morgan fingerprint density at radius 1 is 1.27 bits per heavy atom. The van der Waals surface area contributed by atoms with Gasteiger partial charge < -0.3 is 0 Å². The normalized spacial score (nSPS) is 10.5. The fraction of sp³-hybridized carbons (Fsp3) is 0.300. The molecule has 0 unspecified atom stereocenters. The van der Waals surface area contributed by atoms with Crippen molar-refractivity contribution >= 4 is 11.8 Å². The first-order valence-corrected chi connectivity index (χ1v) is 5.81. The van der Waals surface area contributed by atoms with Gasteiger partial charge in [0.2, 0.25) is 5.16 Å². The Labute approximate surface area is 92.7 Å². The van der Waals surface area contributed by atoms with Gasteiger partial charge in [-0.2, -0.15) is 0 Å². The first-order valence-electron chi connectivity index (χ1n) is 4.83. The molecule has 4 nitrogen and oxygen atoms in total. The highest BCUT2D eigenvalue weighted by molar-refractivity contribution is 7.99. The maximum absolute atomic E-state index is 3.97. The highest BCUT2D eigenvalue weighted by Crippen LogP contribution is 2.13. The first kappa shape index (κ1) is 10.2. The molecule has 5 heteroatoms. The van der Waals surface area contributed by atoms with E-state index in [2.05, 4.69) is 34.6 Å². The minimum Gasteiger partial charge on any atom is -0.216 e. The molecule has 1 heterocycles. The summed E-state index contributed by atoms with van der Waals surface area (Å²) in [5.74, 6) is 0.981. The lowest BCUT2D eigenvalue weighted by Crippen LogP contribution is -2.03. The number of hydrogen-bond acceptors (Lipinski definition) is 4. The van der Waals surface area contributed by atoms with E-state index in [0.717, 1.165) is 17.5 Å². The maximum atomic E-state index is 3.97. The van der Waals surface area contributed by atoms with Crippen molar-refractivity contribution < 1.29 is 0 Å². The monoisotopic (exact) mass is 220 g/mol. The van der Waals surface area contributed by atoms with Crippen LogP contribution in [0.3, 0.4) is 0 Å². The Hall–Kier alpha value is -1.36. The second-order valence-corrected chi connectivity index (χ2v) is 4.27. The summed E-state index contributed by atoms with van der Waals surface area (Å²) in [5.41, 5.74) is 1.21. The van der Waals surface area contributed by atoms with E-state index in [1.54, 1.807) is 11.8 Å². The second kappa shape index (κ2) is 4.93. The molecule has 0 spiro atoms. The number of aromatic nitrogens is 4. The van der Waals surface area contributed by atoms with Crippen LogP contribution in [0.5, 0.6) is 0 Å². The minimum absolute atomic E-state index is 0.732. The first-order chi connectivity index (χ1) is 7.40. The van der Waals surface area contributed by atoms with Gasteiger partial charge in [-0.3, -0.25) is 0 Å². The molecular formula is C10H12N4S. The van der Waals surface area contributed by atoms with E-state index in [0.29, 0.717) is 0 Å². The predicted octanol–water partition coefficient (Wildman–Crippen LogP) is 1.83. The quantitative estimate of drug-likeness (QED) is 0.737. The van der Waals surface area contributed by atoms with E-state index in [9.17, 15) is 0 Å². The number of tetrazole rings is 1. The molecule has 15 heavy (non-hydrogen) atoms. The Morgan fingerprint density at radius 2 is 2.07 bits per heavy atom. The van der Waals surface area contributed by atoms with E-state index >= 15 is 0 Å². The molecule has 2 aromatic rings. The van der Waals surface area contributed by atoms with E-state index in [-0.39, 0.29) is 0 Å². The van der Waals surface area contributed by atoms with Crippen LogP contribution in [-0.2, 0) is 6.54 Å². The highest BCUT2D eigenvalue weighted by atomic mass is 32.2. The third kappa shape index (κ3) is 2.56. The Morgan fingerprint density at radius 3 is 2.80 bits per heavy atom. The fourth-order valence-corrected chi connectivity index (χ4v) is 1.89. The zero-order valence-corrected chi connectivity index (χ0v) is 9.31. The van der Waals surface area contributed by atoms with Gasteiger partial charge in [0.25, 0.3) is 0 Å². The van der Waals surface area contributed by atoms with E-state index in [4.69, 9.17) is 0 Å². The average Bonchev–Trinajstić information content (AvgIpc) is 2.68. The van der Waals surface area contributed by atoms with Crippen molar-refractivity contribution in [3.05, 3.63) is 35.9 Å². The van der Waals surface area contributed by atoms with E-state index in [1.165, 1.54) is 5.56 Å². The van der Waals surface area contributed by atoms with Crippen LogP contribution in [0.25, 0.3) is 0 Å². The van der Waals surface area contributed by atoms with Gasteiger partial charge in [-0.15, -0.1) is 5.10 Å². The summed E-state index contributed by atoms with van der Waals surface area (Å²) in [4.78, 5) is 0. The van der Waals surface area contributed by atoms with Crippen molar-refractivity contribution in [2.75, 3.05) is 5.75 Å². The molecule has 0 fully saturated rings. The van der Waals surface area contributed by atoms with Gasteiger partial charge in [0.15, 0.2) is 0 Å². The third-order valence-electron chi connectivity index (χ3n) is 1.95.